The number of nitrogens with two attached hydrogens (primary N) is 1. The van der Waals surface area contributed by atoms with Crippen molar-refractivity contribution in [1.29, 1.82) is 0 Å². The molecule has 31 heavy (non-hydrogen) atoms. The molecule has 4 rings (SSSR count). The summed E-state index contributed by atoms with van der Waals surface area (Å²) in [4.78, 5) is 17.7. The lowest BCUT2D eigenvalue weighted by atomic mass is 9.81. The Morgan fingerprint density at radius 2 is 1.65 bits per heavy atom. The number of benzene rings is 2. The summed E-state index contributed by atoms with van der Waals surface area (Å²) in [6.45, 7) is 0.726. The Morgan fingerprint density at radius 3 is 2.32 bits per heavy atom. The molecule has 1 aliphatic rings. The van der Waals surface area contributed by atoms with E-state index in [0.717, 1.165) is 55.5 Å². The quantitative estimate of drug-likeness (QED) is 0.578. The smallest absolute Gasteiger partial charge is 0.223 e. The van der Waals surface area contributed by atoms with Crippen molar-refractivity contribution in [1.82, 2.24) is 10.3 Å². The molecule has 160 valence electrons. The first-order valence-corrected chi connectivity index (χ1v) is 11.3. The molecule has 0 saturated heterocycles. The van der Waals surface area contributed by atoms with E-state index in [2.05, 4.69) is 40.6 Å². The Balaban J connectivity index is 1.55. The van der Waals surface area contributed by atoms with Crippen molar-refractivity contribution >= 4 is 5.91 Å². The number of hydrogen-bond acceptors (Lipinski definition) is 3. The van der Waals surface area contributed by atoms with Crippen LogP contribution in [-0.4, -0.2) is 17.4 Å². The van der Waals surface area contributed by atoms with E-state index in [9.17, 15) is 4.79 Å². The highest BCUT2D eigenvalue weighted by Gasteiger charge is 2.27. The molecule has 1 heterocycles. The normalized spacial score (nSPS) is 19.5. The van der Waals surface area contributed by atoms with Gasteiger partial charge in [0.25, 0.3) is 0 Å². The first-order valence-electron chi connectivity index (χ1n) is 11.3. The Morgan fingerprint density at radius 1 is 0.968 bits per heavy atom. The van der Waals surface area contributed by atoms with Crippen LogP contribution in [0.2, 0.25) is 0 Å². The van der Waals surface area contributed by atoms with Gasteiger partial charge < -0.3 is 11.1 Å². The second kappa shape index (κ2) is 10.4. The van der Waals surface area contributed by atoms with E-state index in [0.29, 0.717) is 5.92 Å². The third kappa shape index (κ3) is 5.59. The maximum Gasteiger partial charge on any atom is 0.223 e. The molecule has 2 aromatic carbocycles. The predicted octanol–water partition coefficient (Wildman–Crippen LogP) is 4.91. The van der Waals surface area contributed by atoms with Crippen molar-refractivity contribution < 1.29 is 4.79 Å². The van der Waals surface area contributed by atoms with Crippen molar-refractivity contribution in [2.45, 2.75) is 38.1 Å². The van der Waals surface area contributed by atoms with Crippen LogP contribution in [0.3, 0.4) is 0 Å². The standard InChI is InChI=1S/C27H31N3O/c28-19-21-11-13-23(14-12-21)27(31)30-26(17-20-7-3-1-4-8-20)24-15-16-29-25(18-24)22-9-5-2-6-10-22/h1-10,15-16,18,21,23,26H,11-14,17,19,28H2,(H,30,31)/t21-,23-,26?. The van der Waals surface area contributed by atoms with Crippen molar-refractivity contribution in [2.24, 2.45) is 17.6 Å². The molecular formula is C27H31N3O. The Kier molecular flexibility index (Phi) is 7.11. The lowest BCUT2D eigenvalue weighted by Crippen LogP contribution is -2.37. The van der Waals surface area contributed by atoms with Gasteiger partial charge in [0, 0.05) is 17.7 Å². The van der Waals surface area contributed by atoms with E-state index in [1.54, 1.807) is 0 Å². The fourth-order valence-electron chi connectivity index (χ4n) is 4.48. The molecule has 0 radical (unpaired) electrons. The number of nitrogens with zero attached hydrogens (tertiary/aromatic N) is 1. The molecule has 3 N–H and O–H groups in total. The summed E-state index contributed by atoms with van der Waals surface area (Å²) in [5.74, 6) is 0.809. The van der Waals surface area contributed by atoms with Gasteiger partial charge in [-0.05, 0) is 67.8 Å². The van der Waals surface area contributed by atoms with Gasteiger partial charge in [0.2, 0.25) is 5.91 Å². The number of amides is 1. The maximum atomic E-state index is 13.2. The molecule has 1 saturated carbocycles. The third-order valence-corrected chi connectivity index (χ3v) is 6.41. The summed E-state index contributed by atoms with van der Waals surface area (Å²) in [7, 11) is 0. The minimum Gasteiger partial charge on any atom is -0.349 e. The average molecular weight is 414 g/mol. The number of carbonyl (C=O) groups excluding carboxylic acids is 1. The summed E-state index contributed by atoms with van der Waals surface area (Å²) in [5, 5.41) is 3.37. The molecule has 0 bridgehead atoms. The number of nitrogens with one attached hydrogen (secondary N) is 1. The molecule has 4 heteroatoms. The van der Waals surface area contributed by atoms with Crippen molar-refractivity contribution in [3.8, 4) is 11.3 Å². The zero-order valence-electron chi connectivity index (χ0n) is 17.9. The van der Waals surface area contributed by atoms with Crippen LogP contribution in [0, 0.1) is 11.8 Å². The molecule has 0 aliphatic heterocycles. The number of aromatic nitrogens is 1. The molecule has 0 spiro atoms. The largest absolute Gasteiger partial charge is 0.349 e. The number of carbonyl (C=O) groups is 1. The minimum atomic E-state index is -0.0902. The first-order chi connectivity index (χ1) is 15.2. The average Bonchev–Trinajstić information content (AvgIpc) is 2.85. The monoisotopic (exact) mass is 413 g/mol. The fraction of sp³-hybridized carbons (Fsp3) is 0.333. The lowest BCUT2D eigenvalue weighted by Gasteiger charge is -2.29. The van der Waals surface area contributed by atoms with Gasteiger partial charge in [-0.15, -0.1) is 0 Å². The Bertz CT molecular complexity index is 966. The van der Waals surface area contributed by atoms with Gasteiger partial charge >= 0.3 is 0 Å². The number of rotatable bonds is 7. The van der Waals surface area contributed by atoms with Crippen LogP contribution >= 0.6 is 0 Å². The van der Waals surface area contributed by atoms with Crippen LogP contribution in [0.15, 0.2) is 79.0 Å². The van der Waals surface area contributed by atoms with Crippen LogP contribution in [0.4, 0.5) is 0 Å². The van der Waals surface area contributed by atoms with Gasteiger partial charge in [-0.3, -0.25) is 9.78 Å². The van der Waals surface area contributed by atoms with Crippen molar-refractivity contribution in [3.63, 3.8) is 0 Å². The molecular weight excluding hydrogens is 382 g/mol. The second-order valence-corrected chi connectivity index (χ2v) is 8.54. The van der Waals surface area contributed by atoms with Crippen LogP contribution < -0.4 is 11.1 Å². The van der Waals surface area contributed by atoms with E-state index in [1.165, 1.54) is 5.56 Å². The molecule has 1 aromatic heterocycles. The van der Waals surface area contributed by atoms with Gasteiger partial charge in [-0.25, -0.2) is 0 Å². The molecule has 1 amide bonds. The van der Waals surface area contributed by atoms with Crippen LogP contribution in [-0.2, 0) is 11.2 Å². The van der Waals surface area contributed by atoms with Gasteiger partial charge in [0.15, 0.2) is 0 Å². The summed E-state index contributed by atoms with van der Waals surface area (Å²) in [6.07, 6.45) is 6.54. The van der Waals surface area contributed by atoms with Crippen LogP contribution in [0.5, 0.6) is 0 Å². The lowest BCUT2D eigenvalue weighted by molar-refractivity contribution is -0.127. The van der Waals surface area contributed by atoms with Crippen molar-refractivity contribution in [3.05, 3.63) is 90.1 Å². The molecule has 1 aliphatic carbocycles. The molecule has 4 nitrogen and oxygen atoms in total. The zero-order chi connectivity index (χ0) is 21.5. The van der Waals surface area contributed by atoms with E-state index in [1.807, 2.05) is 48.7 Å². The van der Waals surface area contributed by atoms with E-state index in [-0.39, 0.29) is 17.9 Å². The van der Waals surface area contributed by atoms with Gasteiger partial charge in [-0.1, -0.05) is 60.7 Å². The number of hydrogen-bond donors (Lipinski definition) is 2. The SMILES string of the molecule is NC[C@H]1CC[C@H](C(=O)NC(Cc2ccccc2)c2ccnc(-c3ccccc3)c2)CC1. The topological polar surface area (TPSA) is 68.0 Å². The maximum absolute atomic E-state index is 13.2. The number of pyridine rings is 1. The molecule has 1 atom stereocenters. The first kappa shape index (κ1) is 21.3. The van der Waals surface area contributed by atoms with Crippen molar-refractivity contribution in [2.75, 3.05) is 6.54 Å². The summed E-state index contributed by atoms with van der Waals surface area (Å²) < 4.78 is 0. The van der Waals surface area contributed by atoms with Crippen LogP contribution in [0.1, 0.15) is 42.9 Å². The third-order valence-electron chi connectivity index (χ3n) is 6.41. The van der Waals surface area contributed by atoms with E-state index in [4.69, 9.17) is 5.73 Å². The Hall–Kier alpha value is -2.98. The van der Waals surface area contributed by atoms with E-state index < -0.39 is 0 Å². The minimum absolute atomic E-state index is 0.0801. The second-order valence-electron chi connectivity index (χ2n) is 8.54. The predicted molar refractivity (Wildman–Crippen MR) is 125 cm³/mol. The molecule has 3 aromatic rings. The molecule has 1 unspecified atom stereocenters. The highest BCUT2D eigenvalue weighted by Crippen LogP contribution is 2.30. The highest BCUT2D eigenvalue weighted by molar-refractivity contribution is 5.79. The summed E-state index contributed by atoms with van der Waals surface area (Å²) in [5.41, 5.74) is 10.1. The van der Waals surface area contributed by atoms with Gasteiger partial charge in [0.05, 0.1) is 11.7 Å². The van der Waals surface area contributed by atoms with Gasteiger partial charge in [-0.2, -0.15) is 0 Å². The highest BCUT2D eigenvalue weighted by atomic mass is 16.1. The zero-order valence-corrected chi connectivity index (χ0v) is 17.9. The van der Waals surface area contributed by atoms with Gasteiger partial charge in [0.1, 0.15) is 0 Å². The Labute approximate surface area is 184 Å². The van der Waals surface area contributed by atoms with Crippen LogP contribution in [0.25, 0.3) is 11.3 Å². The summed E-state index contributed by atoms with van der Waals surface area (Å²) >= 11 is 0. The summed E-state index contributed by atoms with van der Waals surface area (Å²) in [6, 6.07) is 24.5. The van der Waals surface area contributed by atoms with E-state index >= 15 is 0 Å². The molecule has 1 fully saturated rings. The fourth-order valence-corrected chi connectivity index (χ4v) is 4.48.